The summed E-state index contributed by atoms with van der Waals surface area (Å²) >= 11 is 0. The van der Waals surface area contributed by atoms with Crippen LogP contribution in [0.15, 0.2) is 48.5 Å². The van der Waals surface area contributed by atoms with Crippen LogP contribution in [0.4, 0.5) is 0 Å². The zero-order valence-electron chi connectivity index (χ0n) is 16.4. The van der Waals surface area contributed by atoms with Crippen molar-refractivity contribution in [3.05, 3.63) is 54.1 Å². The summed E-state index contributed by atoms with van der Waals surface area (Å²) in [5, 5.41) is 13.4. The molecule has 0 aliphatic rings. The largest absolute Gasteiger partial charge is 0.493 e. The van der Waals surface area contributed by atoms with Gasteiger partial charge in [-0.1, -0.05) is 24.3 Å². The Hall–Kier alpha value is -2.77. The fourth-order valence-corrected chi connectivity index (χ4v) is 2.67. The van der Waals surface area contributed by atoms with E-state index in [9.17, 15) is 9.90 Å². The van der Waals surface area contributed by atoms with Gasteiger partial charge in [-0.05, 0) is 29.8 Å². The van der Waals surface area contributed by atoms with E-state index in [4.69, 9.17) is 18.9 Å². The molecule has 2 aromatic rings. The average molecular weight is 389 g/mol. The molecule has 0 aliphatic carbocycles. The summed E-state index contributed by atoms with van der Waals surface area (Å²) in [6.45, 7) is 0.372. The molecule has 1 unspecified atom stereocenters. The van der Waals surface area contributed by atoms with Crippen LogP contribution in [0.3, 0.4) is 0 Å². The fourth-order valence-electron chi connectivity index (χ4n) is 2.67. The Bertz CT molecular complexity index is 737. The first kappa shape index (κ1) is 21.5. The summed E-state index contributed by atoms with van der Waals surface area (Å²) < 4.78 is 20.9. The molecule has 0 saturated carbocycles. The molecule has 0 spiro atoms. The molecule has 0 bridgehead atoms. The SMILES string of the molecule is COC(=O)CC(NC[C@H](O)COc1ccccc1)c1ccc(OC)c(OC)c1. The first-order chi connectivity index (χ1) is 13.6. The van der Waals surface area contributed by atoms with Crippen molar-refractivity contribution < 1.29 is 28.8 Å². The van der Waals surface area contributed by atoms with Crippen LogP contribution in [0.1, 0.15) is 18.0 Å². The molecule has 0 aromatic heterocycles. The summed E-state index contributed by atoms with van der Waals surface area (Å²) in [6.07, 6.45) is -0.640. The highest BCUT2D eigenvalue weighted by Crippen LogP contribution is 2.31. The molecular weight excluding hydrogens is 362 g/mol. The van der Waals surface area contributed by atoms with E-state index in [0.29, 0.717) is 17.2 Å². The van der Waals surface area contributed by atoms with Crippen molar-refractivity contribution in [1.82, 2.24) is 5.32 Å². The highest BCUT2D eigenvalue weighted by Gasteiger charge is 2.19. The number of nitrogens with one attached hydrogen (secondary N) is 1. The third-order valence-corrected chi connectivity index (χ3v) is 4.19. The highest BCUT2D eigenvalue weighted by molar-refractivity contribution is 5.70. The Morgan fingerprint density at radius 3 is 2.39 bits per heavy atom. The van der Waals surface area contributed by atoms with Gasteiger partial charge >= 0.3 is 5.97 Å². The number of para-hydroxylation sites is 1. The van der Waals surface area contributed by atoms with Crippen molar-refractivity contribution in [1.29, 1.82) is 0 Å². The van der Waals surface area contributed by atoms with Gasteiger partial charge in [-0.25, -0.2) is 0 Å². The molecule has 2 rings (SSSR count). The summed E-state index contributed by atoms with van der Waals surface area (Å²) in [4.78, 5) is 11.8. The Balaban J connectivity index is 2.01. The molecule has 2 aromatic carbocycles. The van der Waals surface area contributed by atoms with Crippen molar-refractivity contribution in [2.45, 2.75) is 18.6 Å². The van der Waals surface area contributed by atoms with Crippen LogP contribution in [0, 0.1) is 0 Å². The van der Waals surface area contributed by atoms with E-state index in [1.807, 2.05) is 36.4 Å². The first-order valence-electron chi connectivity index (χ1n) is 8.95. The van der Waals surface area contributed by atoms with Crippen molar-refractivity contribution in [3.63, 3.8) is 0 Å². The lowest BCUT2D eigenvalue weighted by Crippen LogP contribution is -2.35. The molecule has 0 saturated heterocycles. The number of rotatable bonds is 11. The number of methoxy groups -OCH3 is 3. The third-order valence-electron chi connectivity index (χ3n) is 4.19. The van der Waals surface area contributed by atoms with E-state index in [-0.39, 0.29) is 31.6 Å². The van der Waals surface area contributed by atoms with Gasteiger partial charge in [0.15, 0.2) is 11.5 Å². The molecule has 0 aliphatic heterocycles. The van der Waals surface area contributed by atoms with Crippen LogP contribution in [-0.2, 0) is 9.53 Å². The number of carbonyl (C=O) groups excluding carboxylic acids is 1. The van der Waals surface area contributed by atoms with Gasteiger partial charge in [0, 0.05) is 12.6 Å². The molecule has 28 heavy (non-hydrogen) atoms. The molecule has 152 valence electrons. The van der Waals surface area contributed by atoms with Crippen LogP contribution in [0.25, 0.3) is 0 Å². The van der Waals surface area contributed by atoms with E-state index >= 15 is 0 Å². The zero-order valence-corrected chi connectivity index (χ0v) is 16.4. The summed E-state index contributed by atoms with van der Waals surface area (Å²) in [6, 6.07) is 14.3. The molecule has 0 fully saturated rings. The molecule has 2 N–H and O–H groups in total. The number of hydrogen-bond acceptors (Lipinski definition) is 7. The van der Waals surface area contributed by atoms with Crippen LogP contribution >= 0.6 is 0 Å². The smallest absolute Gasteiger partial charge is 0.307 e. The zero-order chi connectivity index (χ0) is 20.4. The second-order valence-electron chi connectivity index (χ2n) is 6.13. The van der Waals surface area contributed by atoms with Crippen LogP contribution < -0.4 is 19.5 Å². The molecule has 0 amide bonds. The minimum absolute atomic E-state index is 0.109. The molecule has 7 nitrogen and oxygen atoms in total. The van der Waals surface area contributed by atoms with Crippen LogP contribution in [0.2, 0.25) is 0 Å². The summed E-state index contributed by atoms with van der Waals surface area (Å²) in [5.74, 6) is 1.49. The van der Waals surface area contributed by atoms with E-state index in [1.165, 1.54) is 7.11 Å². The summed E-state index contributed by atoms with van der Waals surface area (Å²) in [5.41, 5.74) is 0.819. The normalized spacial score (nSPS) is 12.7. The third kappa shape index (κ3) is 6.44. The first-order valence-corrected chi connectivity index (χ1v) is 8.95. The lowest BCUT2D eigenvalue weighted by Gasteiger charge is -2.21. The van der Waals surface area contributed by atoms with Gasteiger partial charge in [0.2, 0.25) is 0 Å². The number of benzene rings is 2. The van der Waals surface area contributed by atoms with Gasteiger partial charge in [0.1, 0.15) is 18.5 Å². The number of aliphatic hydroxyl groups excluding tert-OH is 1. The highest BCUT2D eigenvalue weighted by atomic mass is 16.5. The van der Waals surface area contributed by atoms with Crippen LogP contribution in [-0.4, -0.2) is 51.7 Å². The number of carbonyl (C=O) groups is 1. The quantitative estimate of drug-likeness (QED) is 0.571. The standard InChI is InChI=1S/C21H27NO6/c1-25-19-10-9-15(11-20(19)26-2)18(12-21(24)27-3)22-13-16(23)14-28-17-7-5-4-6-8-17/h4-11,16,18,22-23H,12-14H2,1-3H3/t16-,18?/m0/s1. The Labute approximate surface area is 165 Å². The second kappa shape index (κ2) is 11.2. The number of ether oxygens (including phenoxy) is 4. The maximum atomic E-state index is 11.8. The van der Waals surface area contributed by atoms with Gasteiger partial charge in [0.05, 0.1) is 27.8 Å². The van der Waals surface area contributed by atoms with Gasteiger partial charge < -0.3 is 29.4 Å². The molecule has 7 heteroatoms. The maximum absolute atomic E-state index is 11.8. The maximum Gasteiger partial charge on any atom is 0.307 e. The lowest BCUT2D eigenvalue weighted by molar-refractivity contribution is -0.141. The van der Waals surface area contributed by atoms with E-state index in [1.54, 1.807) is 26.4 Å². The van der Waals surface area contributed by atoms with Crippen molar-refractivity contribution >= 4 is 5.97 Å². The average Bonchev–Trinajstić information content (AvgIpc) is 2.75. The molecule has 0 heterocycles. The van der Waals surface area contributed by atoms with Gasteiger partial charge in [-0.15, -0.1) is 0 Å². The Morgan fingerprint density at radius 1 is 1.04 bits per heavy atom. The monoisotopic (exact) mass is 389 g/mol. The van der Waals surface area contributed by atoms with Crippen LogP contribution in [0.5, 0.6) is 17.2 Å². The minimum Gasteiger partial charge on any atom is -0.493 e. The lowest BCUT2D eigenvalue weighted by atomic mass is 10.0. The van der Waals surface area contributed by atoms with Crippen molar-refractivity contribution in [3.8, 4) is 17.2 Å². The number of hydrogen-bond donors (Lipinski definition) is 2. The van der Waals surface area contributed by atoms with E-state index in [0.717, 1.165) is 5.56 Å². The molecule has 2 atom stereocenters. The van der Waals surface area contributed by atoms with Crippen molar-refractivity contribution in [2.75, 3.05) is 34.5 Å². The van der Waals surface area contributed by atoms with E-state index < -0.39 is 6.10 Å². The Morgan fingerprint density at radius 2 is 1.75 bits per heavy atom. The van der Waals surface area contributed by atoms with Gasteiger partial charge in [0.25, 0.3) is 0 Å². The Kier molecular flexibility index (Phi) is 8.58. The minimum atomic E-state index is -0.750. The van der Waals surface area contributed by atoms with Gasteiger partial charge in [-0.2, -0.15) is 0 Å². The van der Waals surface area contributed by atoms with Crippen molar-refractivity contribution in [2.24, 2.45) is 0 Å². The fraction of sp³-hybridized carbons (Fsp3) is 0.381. The molecular formula is C21H27NO6. The predicted octanol–water partition coefficient (Wildman–Crippen LogP) is 2.34. The topological polar surface area (TPSA) is 86.3 Å². The molecule has 0 radical (unpaired) electrons. The van der Waals surface area contributed by atoms with E-state index in [2.05, 4.69) is 5.32 Å². The number of esters is 1. The predicted molar refractivity (Wildman–Crippen MR) is 105 cm³/mol. The van der Waals surface area contributed by atoms with Gasteiger partial charge in [-0.3, -0.25) is 4.79 Å². The number of aliphatic hydroxyl groups is 1. The summed E-state index contributed by atoms with van der Waals surface area (Å²) in [7, 11) is 4.45. The second-order valence-corrected chi connectivity index (χ2v) is 6.13.